The van der Waals surface area contributed by atoms with Gasteiger partial charge in [0, 0.05) is 61.8 Å². The molecule has 2 aromatic carbocycles. The van der Waals surface area contributed by atoms with Crippen molar-refractivity contribution in [2.75, 3.05) is 32.7 Å². The summed E-state index contributed by atoms with van der Waals surface area (Å²) in [6.07, 6.45) is 3.99. The molecule has 1 atom stereocenters. The third kappa shape index (κ3) is 4.99. The van der Waals surface area contributed by atoms with Gasteiger partial charge in [-0.1, -0.05) is 37.3 Å². The summed E-state index contributed by atoms with van der Waals surface area (Å²) in [6, 6.07) is 15.1. The smallest absolute Gasteiger partial charge is 0.270 e. The van der Waals surface area contributed by atoms with Crippen LogP contribution in [0.25, 0.3) is 10.9 Å². The lowest BCUT2D eigenvalue weighted by Crippen LogP contribution is -2.48. The van der Waals surface area contributed by atoms with E-state index in [0.717, 1.165) is 62.0 Å². The van der Waals surface area contributed by atoms with Crippen molar-refractivity contribution in [3.05, 3.63) is 76.0 Å². The van der Waals surface area contributed by atoms with Gasteiger partial charge in [0.05, 0.1) is 4.92 Å². The van der Waals surface area contributed by atoms with Gasteiger partial charge in [0.2, 0.25) is 5.91 Å². The van der Waals surface area contributed by atoms with Gasteiger partial charge in [0.25, 0.3) is 5.69 Å². The molecule has 32 heavy (non-hydrogen) atoms. The molecular formula is C25H30N4O3. The number of aromatic nitrogens is 1. The normalized spacial score (nSPS) is 15.7. The van der Waals surface area contributed by atoms with Crippen molar-refractivity contribution in [1.29, 1.82) is 0 Å². The summed E-state index contributed by atoms with van der Waals surface area (Å²) in [6.45, 7) is 6.50. The Kier molecular flexibility index (Phi) is 6.85. The molecule has 1 aliphatic heterocycles. The van der Waals surface area contributed by atoms with Crippen molar-refractivity contribution >= 4 is 22.5 Å². The van der Waals surface area contributed by atoms with Gasteiger partial charge in [-0.15, -0.1) is 0 Å². The van der Waals surface area contributed by atoms with Gasteiger partial charge in [0.15, 0.2) is 0 Å². The molecule has 1 aliphatic rings. The third-order valence-corrected chi connectivity index (χ3v) is 6.57. The Bertz CT molecular complexity index is 1070. The van der Waals surface area contributed by atoms with Crippen LogP contribution in [0.5, 0.6) is 0 Å². The number of likely N-dealkylation sites (N-methyl/N-ethyl adjacent to an activating group) is 1. The van der Waals surface area contributed by atoms with Crippen molar-refractivity contribution in [2.45, 2.75) is 32.1 Å². The number of nitrogens with zero attached hydrogens (tertiary/aromatic N) is 3. The molecule has 2 heterocycles. The maximum Gasteiger partial charge on any atom is 0.270 e. The number of benzene rings is 2. The van der Waals surface area contributed by atoms with Crippen LogP contribution in [0.1, 0.15) is 36.8 Å². The Morgan fingerprint density at radius 2 is 1.88 bits per heavy atom. The largest absolute Gasteiger partial charge is 0.361 e. The van der Waals surface area contributed by atoms with Crippen LogP contribution in [-0.4, -0.2) is 58.3 Å². The van der Waals surface area contributed by atoms with E-state index in [1.807, 2.05) is 29.3 Å². The molecule has 4 rings (SSSR count). The predicted molar refractivity (Wildman–Crippen MR) is 126 cm³/mol. The first-order chi connectivity index (χ1) is 15.5. The lowest BCUT2D eigenvalue weighted by molar-refractivity contribution is -0.384. The van der Waals surface area contributed by atoms with E-state index in [0.29, 0.717) is 6.42 Å². The third-order valence-electron chi connectivity index (χ3n) is 6.57. The quantitative estimate of drug-likeness (QED) is 0.422. The number of carbonyl (C=O) groups excluding carboxylic acids is 1. The number of carbonyl (C=O) groups is 1. The molecular weight excluding hydrogens is 404 g/mol. The summed E-state index contributed by atoms with van der Waals surface area (Å²) in [5.74, 6) is 0.154. The Balaban J connectivity index is 1.57. The number of H-pyrrole nitrogens is 1. The first-order valence-corrected chi connectivity index (χ1v) is 11.3. The summed E-state index contributed by atoms with van der Waals surface area (Å²) in [5.41, 5.74) is 3.15. The van der Waals surface area contributed by atoms with Crippen molar-refractivity contribution < 1.29 is 9.72 Å². The molecule has 168 valence electrons. The van der Waals surface area contributed by atoms with Gasteiger partial charge in [-0.2, -0.15) is 0 Å². The number of aromatic amines is 1. The van der Waals surface area contributed by atoms with Crippen molar-refractivity contribution in [2.24, 2.45) is 0 Å². The predicted octanol–water partition coefficient (Wildman–Crippen LogP) is 4.35. The fourth-order valence-electron chi connectivity index (χ4n) is 4.59. The number of piperazine rings is 1. The number of non-ortho nitro benzene ring substituents is 1. The summed E-state index contributed by atoms with van der Waals surface area (Å²) in [5, 5.41) is 12.2. The molecule has 1 N–H and O–H groups in total. The average molecular weight is 435 g/mol. The molecule has 0 aliphatic carbocycles. The van der Waals surface area contributed by atoms with Crippen LogP contribution in [0, 0.1) is 10.1 Å². The van der Waals surface area contributed by atoms with Crippen LogP contribution in [0.15, 0.2) is 54.7 Å². The van der Waals surface area contributed by atoms with Gasteiger partial charge in [-0.3, -0.25) is 14.9 Å². The molecule has 0 unspecified atom stereocenters. The Labute approximate surface area is 188 Å². The van der Waals surface area contributed by atoms with Gasteiger partial charge in [-0.05, 0) is 42.5 Å². The highest BCUT2D eigenvalue weighted by molar-refractivity contribution is 5.87. The van der Waals surface area contributed by atoms with Crippen molar-refractivity contribution in [1.82, 2.24) is 14.8 Å². The second kappa shape index (κ2) is 9.96. The lowest BCUT2D eigenvalue weighted by Gasteiger charge is -2.34. The van der Waals surface area contributed by atoms with Gasteiger partial charge in [0.1, 0.15) is 0 Å². The zero-order chi connectivity index (χ0) is 22.5. The molecule has 0 radical (unpaired) electrons. The second-order valence-electron chi connectivity index (χ2n) is 8.47. The molecule has 0 bridgehead atoms. The van der Waals surface area contributed by atoms with Crippen molar-refractivity contribution in [3.63, 3.8) is 0 Å². The minimum absolute atomic E-state index is 0.0114. The van der Waals surface area contributed by atoms with Gasteiger partial charge >= 0.3 is 0 Å². The molecule has 3 aromatic rings. The molecule has 0 spiro atoms. The highest BCUT2D eigenvalue weighted by atomic mass is 16.6. The summed E-state index contributed by atoms with van der Waals surface area (Å²) < 4.78 is 0. The van der Waals surface area contributed by atoms with Crippen LogP contribution in [0.2, 0.25) is 0 Å². The number of hydrogen-bond acceptors (Lipinski definition) is 4. The number of amides is 1. The fourth-order valence-corrected chi connectivity index (χ4v) is 4.59. The second-order valence-corrected chi connectivity index (χ2v) is 8.47. The first-order valence-electron chi connectivity index (χ1n) is 11.3. The summed E-state index contributed by atoms with van der Waals surface area (Å²) in [7, 11) is 0. The average Bonchev–Trinajstić information content (AvgIpc) is 3.25. The Hall–Kier alpha value is -3.19. The highest BCUT2D eigenvalue weighted by Gasteiger charge is 2.26. The fraction of sp³-hybridized carbons (Fsp3) is 0.400. The van der Waals surface area contributed by atoms with Gasteiger partial charge < -0.3 is 14.8 Å². The molecule has 0 saturated carbocycles. The zero-order valence-electron chi connectivity index (χ0n) is 18.5. The van der Waals surface area contributed by atoms with Crippen LogP contribution < -0.4 is 0 Å². The van der Waals surface area contributed by atoms with Crippen LogP contribution in [-0.2, 0) is 11.2 Å². The number of nitro groups is 1. The summed E-state index contributed by atoms with van der Waals surface area (Å²) >= 11 is 0. The van der Waals surface area contributed by atoms with E-state index in [-0.39, 0.29) is 22.4 Å². The number of fused-ring (bicyclic) bond motifs is 1. The van der Waals surface area contributed by atoms with Crippen LogP contribution in [0.4, 0.5) is 5.69 Å². The molecule has 1 saturated heterocycles. The molecule has 1 aromatic heterocycles. The Morgan fingerprint density at radius 3 is 2.56 bits per heavy atom. The van der Waals surface area contributed by atoms with Crippen LogP contribution >= 0.6 is 0 Å². The summed E-state index contributed by atoms with van der Waals surface area (Å²) in [4.78, 5) is 31.7. The minimum Gasteiger partial charge on any atom is -0.361 e. The number of nitro benzene ring substituents is 1. The van der Waals surface area contributed by atoms with Gasteiger partial charge in [-0.25, -0.2) is 0 Å². The number of hydrogen-bond donors (Lipinski definition) is 1. The Morgan fingerprint density at radius 1 is 1.12 bits per heavy atom. The SMILES string of the molecule is CCN1CCN(C(=O)C[C@H](CCc2ccccc2)c2c[nH]c3ccc([N+](=O)[O-])cc23)CC1. The number of nitrogens with one attached hydrogen (secondary N) is 1. The van der Waals surface area contributed by atoms with Crippen molar-refractivity contribution in [3.8, 4) is 0 Å². The number of rotatable bonds is 8. The van der Waals surface area contributed by atoms with E-state index in [4.69, 9.17) is 0 Å². The standard InChI is InChI=1S/C25H30N4O3/c1-2-27-12-14-28(15-13-27)25(30)16-20(9-8-19-6-4-3-5-7-19)23-18-26-24-11-10-21(29(31)32)17-22(23)24/h3-7,10-11,17-18,20,26H,2,8-9,12-16H2,1H3/t20-/m0/s1. The maximum absolute atomic E-state index is 13.2. The first kappa shape index (κ1) is 22.0. The van der Waals surface area contributed by atoms with E-state index in [9.17, 15) is 14.9 Å². The molecule has 7 heteroatoms. The molecule has 1 amide bonds. The van der Waals surface area contributed by atoms with E-state index < -0.39 is 0 Å². The zero-order valence-corrected chi connectivity index (χ0v) is 18.5. The number of aryl methyl sites for hydroxylation is 1. The molecule has 1 fully saturated rings. The van der Waals surface area contributed by atoms with E-state index in [2.05, 4.69) is 28.9 Å². The minimum atomic E-state index is -0.367. The highest BCUT2D eigenvalue weighted by Crippen LogP contribution is 2.34. The van der Waals surface area contributed by atoms with E-state index in [1.54, 1.807) is 12.1 Å². The van der Waals surface area contributed by atoms with E-state index in [1.165, 1.54) is 11.6 Å². The maximum atomic E-state index is 13.2. The topological polar surface area (TPSA) is 82.5 Å². The van der Waals surface area contributed by atoms with Crippen LogP contribution in [0.3, 0.4) is 0 Å². The monoisotopic (exact) mass is 434 g/mol. The lowest BCUT2D eigenvalue weighted by atomic mass is 9.88. The molecule has 7 nitrogen and oxygen atoms in total. The van der Waals surface area contributed by atoms with E-state index >= 15 is 0 Å².